The zero-order valence-corrected chi connectivity index (χ0v) is 18.6. The van der Waals surface area contributed by atoms with Crippen LogP contribution in [-0.2, 0) is 11.3 Å². The van der Waals surface area contributed by atoms with Gasteiger partial charge in [-0.15, -0.1) is 0 Å². The standard InChI is InChI=1S/C27H42O/c1-5-6-7-8-9-10-11-13-18-25(4)27(24(2)3)21-16-17-22-28-23-26-19-14-12-15-20-26/h12,14-16,19-21H,4-11,13,17-18,22-23H2,1-3H3/b21-16+. The zero-order valence-electron chi connectivity index (χ0n) is 18.6. The summed E-state index contributed by atoms with van der Waals surface area (Å²) in [5, 5.41) is 0. The zero-order chi connectivity index (χ0) is 20.5. The first-order chi connectivity index (χ1) is 13.6. The Kier molecular flexibility index (Phi) is 14.3. The van der Waals surface area contributed by atoms with Gasteiger partial charge in [0.2, 0.25) is 0 Å². The first kappa shape index (κ1) is 24.4. The van der Waals surface area contributed by atoms with Gasteiger partial charge in [-0.3, -0.25) is 0 Å². The van der Waals surface area contributed by atoms with Crippen LogP contribution in [0.25, 0.3) is 0 Å². The van der Waals surface area contributed by atoms with E-state index in [4.69, 9.17) is 4.74 Å². The molecule has 28 heavy (non-hydrogen) atoms. The molecule has 0 aliphatic heterocycles. The summed E-state index contributed by atoms with van der Waals surface area (Å²) in [7, 11) is 0. The number of hydrogen-bond donors (Lipinski definition) is 0. The average Bonchev–Trinajstić information content (AvgIpc) is 2.69. The molecule has 1 nitrogen and oxygen atoms in total. The van der Waals surface area contributed by atoms with Crippen molar-refractivity contribution in [2.45, 2.75) is 91.6 Å². The Labute approximate surface area is 174 Å². The molecule has 0 bridgehead atoms. The largest absolute Gasteiger partial charge is 0.376 e. The number of unbranched alkanes of at least 4 members (excludes halogenated alkanes) is 7. The third-order valence-electron chi connectivity index (χ3n) is 5.08. The molecule has 156 valence electrons. The fourth-order valence-corrected chi connectivity index (χ4v) is 3.36. The third kappa shape index (κ3) is 12.0. The molecule has 0 saturated heterocycles. The molecule has 0 spiro atoms. The number of hydrogen-bond acceptors (Lipinski definition) is 1. The van der Waals surface area contributed by atoms with Crippen LogP contribution in [0.3, 0.4) is 0 Å². The SMILES string of the molecule is C=C(CCCCCCCCCC)C(/C=C/CCOCc1ccccc1)=C(C)C. The van der Waals surface area contributed by atoms with Crippen molar-refractivity contribution in [1.82, 2.24) is 0 Å². The summed E-state index contributed by atoms with van der Waals surface area (Å²) >= 11 is 0. The maximum atomic E-state index is 5.76. The predicted octanol–water partition coefficient (Wildman–Crippen LogP) is 8.57. The van der Waals surface area contributed by atoms with E-state index >= 15 is 0 Å². The summed E-state index contributed by atoms with van der Waals surface area (Å²) in [6, 6.07) is 10.3. The van der Waals surface area contributed by atoms with Crippen LogP contribution in [0.2, 0.25) is 0 Å². The van der Waals surface area contributed by atoms with E-state index in [0.29, 0.717) is 6.61 Å². The van der Waals surface area contributed by atoms with E-state index in [1.807, 2.05) is 6.07 Å². The van der Waals surface area contributed by atoms with Gasteiger partial charge in [0.1, 0.15) is 0 Å². The van der Waals surface area contributed by atoms with Gasteiger partial charge in [-0.25, -0.2) is 0 Å². The van der Waals surface area contributed by atoms with Crippen molar-refractivity contribution in [1.29, 1.82) is 0 Å². The second-order valence-corrected chi connectivity index (χ2v) is 7.97. The van der Waals surface area contributed by atoms with Gasteiger partial charge in [-0.1, -0.05) is 107 Å². The maximum Gasteiger partial charge on any atom is 0.0717 e. The van der Waals surface area contributed by atoms with Crippen LogP contribution in [0.5, 0.6) is 0 Å². The number of allylic oxidation sites excluding steroid dienone is 4. The molecule has 0 fully saturated rings. The molecule has 1 aromatic rings. The number of ether oxygens (including phenoxy) is 1. The Morgan fingerprint density at radius 3 is 2.21 bits per heavy atom. The molecule has 0 aliphatic carbocycles. The van der Waals surface area contributed by atoms with Crippen molar-refractivity contribution in [2.75, 3.05) is 6.61 Å². The highest BCUT2D eigenvalue weighted by atomic mass is 16.5. The van der Waals surface area contributed by atoms with Gasteiger partial charge < -0.3 is 4.74 Å². The Bertz CT molecular complexity index is 576. The fraction of sp³-hybridized carbons (Fsp3) is 0.556. The van der Waals surface area contributed by atoms with Gasteiger partial charge in [0, 0.05) is 0 Å². The summed E-state index contributed by atoms with van der Waals surface area (Å²) < 4.78 is 5.76. The van der Waals surface area contributed by atoms with Gasteiger partial charge in [-0.05, 0) is 49.8 Å². The lowest BCUT2D eigenvalue weighted by Gasteiger charge is -2.10. The molecule has 0 radical (unpaired) electrons. The van der Waals surface area contributed by atoms with E-state index in [0.717, 1.165) is 19.4 Å². The van der Waals surface area contributed by atoms with Gasteiger partial charge >= 0.3 is 0 Å². The average molecular weight is 383 g/mol. The molecule has 1 heteroatoms. The van der Waals surface area contributed by atoms with E-state index in [1.54, 1.807) is 0 Å². The van der Waals surface area contributed by atoms with Crippen molar-refractivity contribution in [3.05, 3.63) is 71.3 Å². The summed E-state index contributed by atoms with van der Waals surface area (Å²) in [6.45, 7) is 12.4. The van der Waals surface area contributed by atoms with Crippen molar-refractivity contribution in [3.8, 4) is 0 Å². The smallest absolute Gasteiger partial charge is 0.0717 e. The molecule has 0 saturated carbocycles. The van der Waals surface area contributed by atoms with Gasteiger partial charge in [-0.2, -0.15) is 0 Å². The van der Waals surface area contributed by atoms with Crippen molar-refractivity contribution in [2.24, 2.45) is 0 Å². The van der Waals surface area contributed by atoms with E-state index in [9.17, 15) is 0 Å². The molecule has 0 unspecified atom stereocenters. The van der Waals surface area contributed by atoms with Crippen LogP contribution >= 0.6 is 0 Å². The maximum absolute atomic E-state index is 5.76. The molecule has 1 aromatic carbocycles. The summed E-state index contributed by atoms with van der Waals surface area (Å²) in [5.74, 6) is 0. The second-order valence-electron chi connectivity index (χ2n) is 7.97. The Hall–Kier alpha value is -1.60. The normalized spacial score (nSPS) is 11.1. The predicted molar refractivity (Wildman–Crippen MR) is 125 cm³/mol. The lowest BCUT2D eigenvalue weighted by Crippen LogP contribution is -1.94. The van der Waals surface area contributed by atoms with Crippen LogP contribution in [0.15, 0.2) is 65.8 Å². The first-order valence-corrected chi connectivity index (χ1v) is 11.3. The quantitative estimate of drug-likeness (QED) is 0.205. The molecular formula is C27H42O. The summed E-state index contributed by atoms with van der Waals surface area (Å²) in [4.78, 5) is 0. The summed E-state index contributed by atoms with van der Waals surface area (Å²) in [6.07, 6.45) is 17.4. The molecule has 0 amide bonds. The summed E-state index contributed by atoms with van der Waals surface area (Å²) in [5.41, 5.74) is 5.19. The van der Waals surface area contributed by atoms with Gasteiger partial charge in [0.15, 0.2) is 0 Å². The number of benzene rings is 1. The highest BCUT2D eigenvalue weighted by Gasteiger charge is 2.02. The topological polar surface area (TPSA) is 9.23 Å². The highest BCUT2D eigenvalue weighted by Crippen LogP contribution is 2.21. The lowest BCUT2D eigenvalue weighted by atomic mass is 9.96. The molecule has 0 aromatic heterocycles. The Morgan fingerprint density at radius 1 is 0.929 bits per heavy atom. The minimum absolute atomic E-state index is 0.690. The third-order valence-corrected chi connectivity index (χ3v) is 5.08. The minimum Gasteiger partial charge on any atom is -0.376 e. The van der Waals surface area contributed by atoms with Gasteiger partial charge in [0.05, 0.1) is 13.2 Å². The van der Waals surface area contributed by atoms with Gasteiger partial charge in [0.25, 0.3) is 0 Å². The molecular weight excluding hydrogens is 340 g/mol. The minimum atomic E-state index is 0.690. The molecule has 0 N–H and O–H groups in total. The molecule has 0 aliphatic rings. The Balaban J connectivity index is 2.19. The van der Waals surface area contributed by atoms with E-state index < -0.39 is 0 Å². The van der Waals surface area contributed by atoms with Crippen LogP contribution in [0, 0.1) is 0 Å². The van der Waals surface area contributed by atoms with Crippen molar-refractivity contribution in [3.63, 3.8) is 0 Å². The van der Waals surface area contributed by atoms with E-state index in [-0.39, 0.29) is 0 Å². The first-order valence-electron chi connectivity index (χ1n) is 11.3. The van der Waals surface area contributed by atoms with E-state index in [1.165, 1.54) is 73.6 Å². The Morgan fingerprint density at radius 2 is 1.57 bits per heavy atom. The second kappa shape index (κ2) is 16.4. The fourth-order valence-electron chi connectivity index (χ4n) is 3.36. The van der Waals surface area contributed by atoms with Crippen LogP contribution in [0.1, 0.15) is 90.5 Å². The lowest BCUT2D eigenvalue weighted by molar-refractivity contribution is 0.125. The monoisotopic (exact) mass is 382 g/mol. The van der Waals surface area contributed by atoms with Crippen LogP contribution < -0.4 is 0 Å². The number of rotatable bonds is 16. The highest BCUT2D eigenvalue weighted by molar-refractivity contribution is 5.40. The van der Waals surface area contributed by atoms with Crippen molar-refractivity contribution < 1.29 is 4.74 Å². The van der Waals surface area contributed by atoms with Crippen LogP contribution in [0.4, 0.5) is 0 Å². The van der Waals surface area contributed by atoms with Crippen LogP contribution in [-0.4, -0.2) is 6.61 Å². The molecule has 0 heterocycles. The van der Waals surface area contributed by atoms with E-state index in [2.05, 4.69) is 63.8 Å². The van der Waals surface area contributed by atoms with Crippen molar-refractivity contribution >= 4 is 0 Å². The molecule has 0 atom stereocenters. The molecule has 1 rings (SSSR count).